The maximum atomic E-state index is 11.1. The van der Waals surface area contributed by atoms with Gasteiger partial charge in [0.05, 0.1) is 10.3 Å². The van der Waals surface area contributed by atoms with Gasteiger partial charge in [-0.05, 0) is 12.1 Å². The van der Waals surface area contributed by atoms with E-state index >= 15 is 0 Å². The number of hydrogen-bond donors (Lipinski definition) is 1. The Bertz CT molecular complexity index is 361. The lowest BCUT2D eigenvalue weighted by Gasteiger charge is -2.01. The third kappa shape index (κ3) is 0.876. The number of nitrogens with zero attached hydrogens (tertiary/aromatic N) is 3. The molecule has 0 saturated carbocycles. The van der Waals surface area contributed by atoms with Gasteiger partial charge in [-0.2, -0.15) is 5.21 Å². The van der Waals surface area contributed by atoms with Crippen molar-refractivity contribution in [3.8, 4) is 0 Å². The summed E-state index contributed by atoms with van der Waals surface area (Å²) in [6, 6.07) is 6.69. The zero-order chi connectivity index (χ0) is 8.55. The molecule has 1 aromatic carbocycles. The largest absolute Gasteiger partial charge is 0.398 e. The van der Waals surface area contributed by atoms with E-state index in [1.54, 1.807) is 24.3 Å². The first-order valence-electron chi connectivity index (χ1n) is 3.33. The molecule has 0 fully saturated rings. The summed E-state index contributed by atoms with van der Waals surface area (Å²) >= 11 is 0. The highest BCUT2D eigenvalue weighted by Crippen LogP contribution is 2.18. The molecule has 1 radical (unpaired) electrons. The SMILES string of the molecule is O=C1c2ccccc2[N+]=NN1O. The summed E-state index contributed by atoms with van der Waals surface area (Å²) in [5.41, 5.74) is 0.836. The molecule has 1 aliphatic heterocycles. The van der Waals surface area contributed by atoms with Gasteiger partial charge in [-0.25, -0.2) is 4.79 Å². The van der Waals surface area contributed by atoms with E-state index in [4.69, 9.17) is 5.21 Å². The van der Waals surface area contributed by atoms with Gasteiger partial charge in [0.15, 0.2) is 5.22 Å². The summed E-state index contributed by atoms with van der Waals surface area (Å²) in [7, 11) is 0. The van der Waals surface area contributed by atoms with Crippen LogP contribution in [0.3, 0.4) is 0 Å². The lowest BCUT2D eigenvalue weighted by Crippen LogP contribution is -2.26. The fourth-order valence-corrected chi connectivity index (χ4v) is 0.981. The van der Waals surface area contributed by atoms with Gasteiger partial charge in [-0.3, -0.25) is 0 Å². The van der Waals surface area contributed by atoms with E-state index in [2.05, 4.69) is 10.3 Å². The van der Waals surface area contributed by atoms with Crippen LogP contribution in [0.25, 0.3) is 0 Å². The van der Waals surface area contributed by atoms with Crippen LogP contribution in [-0.4, -0.2) is 16.3 Å². The Morgan fingerprint density at radius 1 is 1.42 bits per heavy atom. The molecule has 5 nitrogen and oxygen atoms in total. The number of carbonyl (C=O) groups is 1. The van der Waals surface area contributed by atoms with E-state index in [0.717, 1.165) is 0 Å². The van der Waals surface area contributed by atoms with Crippen LogP contribution in [0.5, 0.6) is 0 Å². The Kier molecular flexibility index (Phi) is 1.38. The Balaban J connectivity index is 2.59. The van der Waals surface area contributed by atoms with Gasteiger partial charge in [0.1, 0.15) is 5.56 Å². The Hall–Kier alpha value is -1.75. The molecule has 0 aliphatic carbocycles. The first kappa shape index (κ1) is 6.93. The molecule has 0 bridgehead atoms. The molecule has 1 aromatic rings. The quantitative estimate of drug-likeness (QED) is 0.576. The summed E-state index contributed by atoms with van der Waals surface area (Å²) in [6.07, 6.45) is 0. The average Bonchev–Trinajstić information content (AvgIpc) is 2.12. The number of fused-ring (bicyclic) bond motifs is 1. The van der Waals surface area contributed by atoms with E-state index in [0.29, 0.717) is 11.3 Å². The van der Waals surface area contributed by atoms with Gasteiger partial charge in [0, 0.05) is 0 Å². The minimum absolute atomic E-state index is 0.225. The lowest BCUT2D eigenvalue weighted by molar-refractivity contribution is -0.0670. The maximum absolute atomic E-state index is 11.1. The van der Waals surface area contributed by atoms with Crippen molar-refractivity contribution in [3.63, 3.8) is 0 Å². The van der Waals surface area contributed by atoms with Crippen molar-refractivity contribution in [1.82, 2.24) is 10.3 Å². The molecule has 5 heteroatoms. The van der Waals surface area contributed by atoms with Crippen LogP contribution in [0.2, 0.25) is 0 Å². The normalized spacial score (nSPS) is 14.8. The Labute approximate surface area is 67.9 Å². The van der Waals surface area contributed by atoms with Crippen molar-refractivity contribution in [1.29, 1.82) is 0 Å². The van der Waals surface area contributed by atoms with E-state index in [9.17, 15) is 4.79 Å². The third-order valence-electron chi connectivity index (χ3n) is 1.55. The van der Waals surface area contributed by atoms with Crippen LogP contribution in [-0.2, 0) is 0 Å². The molecule has 2 rings (SSSR count). The number of carbonyl (C=O) groups excluding carboxylic acids is 1. The molecule has 1 amide bonds. The Morgan fingerprint density at radius 2 is 2.17 bits per heavy atom. The van der Waals surface area contributed by atoms with E-state index in [1.807, 2.05) is 0 Å². The second-order valence-electron chi connectivity index (χ2n) is 2.30. The van der Waals surface area contributed by atoms with Crippen molar-refractivity contribution in [2.45, 2.75) is 0 Å². The molecule has 0 atom stereocenters. The Morgan fingerprint density at radius 3 is 3.00 bits per heavy atom. The van der Waals surface area contributed by atoms with Crippen LogP contribution in [0.15, 0.2) is 29.5 Å². The summed E-state index contributed by atoms with van der Waals surface area (Å²) in [5.74, 6) is -0.555. The van der Waals surface area contributed by atoms with Crippen molar-refractivity contribution < 1.29 is 10.0 Å². The third-order valence-corrected chi connectivity index (χ3v) is 1.55. The van der Waals surface area contributed by atoms with Gasteiger partial charge in [-0.1, -0.05) is 12.1 Å². The van der Waals surface area contributed by atoms with Gasteiger partial charge in [0.2, 0.25) is 5.69 Å². The zero-order valence-electron chi connectivity index (χ0n) is 6.01. The number of hydroxylamine groups is 1. The minimum atomic E-state index is -0.555. The van der Waals surface area contributed by atoms with Gasteiger partial charge in [-0.15, -0.1) is 0 Å². The lowest BCUT2D eigenvalue weighted by atomic mass is 10.1. The highest BCUT2D eigenvalue weighted by molar-refractivity contribution is 5.98. The summed E-state index contributed by atoms with van der Waals surface area (Å²) in [5, 5.41) is 15.9. The smallest absolute Gasteiger partial charge is 0.235 e. The van der Waals surface area contributed by atoms with Crippen molar-refractivity contribution in [2.75, 3.05) is 0 Å². The maximum Gasteiger partial charge on any atom is 0.398 e. The number of benzene rings is 1. The molecule has 1 heterocycles. The zero-order valence-corrected chi connectivity index (χ0v) is 6.01. The highest BCUT2D eigenvalue weighted by atomic mass is 16.6. The molecule has 0 saturated heterocycles. The number of amides is 1. The first-order valence-corrected chi connectivity index (χ1v) is 3.33. The topological polar surface area (TPSA) is 67.0 Å². The van der Waals surface area contributed by atoms with Crippen LogP contribution in [0.4, 0.5) is 5.69 Å². The summed E-state index contributed by atoms with van der Waals surface area (Å²) < 4.78 is 0. The molecule has 0 unspecified atom stereocenters. The van der Waals surface area contributed by atoms with Gasteiger partial charge < -0.3 is 0 Å². The van der Waals surface area contributed by atoms with Crippen LogP contribution in [0, 0.1) is 0 Å². The van der Waals surface area contributed by atoms with Crippen LogP contribution >= 0.6 is 0 Å². The first-order chi connectivity index (χ1) is 5.79. The van der Waals surface area contributed by atoms with Crippen LogP contribution in [0.1, 0.15) is 10.4 Å². The molecule has 1 aliphatic rings. The predicted molar refractivity (Wildman–Crippen MR) is 38.6 cm³/mol. The molecule has 59 valence electrons. The second-order valence-corrected chi connectivity index (χ2v) is 2.30. The van der Waals surface area contributed by atoms with Gasteiger partial charge in [0.25, 0.3) is 0 Å². The number of hydrogen-bond acceptors (Lipinski definition) is 4. The molecule has 0 spiro atoms. The fraction of sp³-hybridized carbons (Fsp3) is 0. The van der Waals surface area contributed by atoms with E-state index in [1.165, 1.54) is 0 Å². The molecule has 1 N–H and O–H groups in total. The average molecular weight is 163 g/mol. The summed E-state index contributed by atoms with van der Waals surface area (Å²) in [4.78, 5) is 11.1. The molecule has 0 aromatic heterocycles. The molecule has 12 heavy (non-hydrogen) atoms. The second kappa shape index (κ2) is 2.38. The predicted octanol–water partition coefficient (Wildman–Crippen LogP) is 0.866. The molecular formula is C7H5N3O2+. The highest BCUT2D eigenvalue weighted by Gasteiger charge is 2.31. The van der Waals surface area contributed by atoms with Crippen LogP contribution < -0.4 is 5.11 Å². The van der Waals surface area contributed by atoms with Gasteiger partial charge >= 0.3 is 5.91 Å². The summed E-state index contributed by atoms with van der Waals surface area (Å²) in [6.45, 7) is 0. The van der Waals surface area contributed by atoms with E-state index in [-0.39, 0.29) is 5.17 Å². The fourth-order valence-electron chi connectivity index (χ4n) is 0.981. The minimum Gasteiger partial charge on any atom is -0.235 e. The number of rotatable bonds is 0. The van der Waals surface area contributed by atoms with Crippen molar-refractivity contribution in [2.24, 2.45) is 5.22 Å². The standard InChI is InChI=1S/C7H5N3O2/c11-7-5-3-1-2-4-6(5)8-9-10(7)12/h1-4,12H/q+1. The molecular weight excluding hydrogens is 158 g/mol. The monoisotopic (exact) mass is 163 g/mol. The van der Waals surface area contributed by atoms with Crippen molar-refractivity contribution >= 4 is 11.6 Å². The van der Waals surface area contributed by atoms with E-state index < -0.39 is 5.91 Å². The van der Waals surface area contributed by atoms with Crippen molar-refractivity contribution in [3.05, 3.63) is 29.8 Å².